The van der Waals surface area contributed by atoms with Crippen LogP contribution in [0.4, 0.5) is 18.9 Å². The van der Waals surface area contributed by atoms with Crippen molar-refractivity contribution in [3.8, 4) is 5.75 Å². The van der Waals surface area contributed by atoms with E-state index in [1.165, 1.54) is 6.92 Å². The summed E-state index contributed by atoms with van der Waals surface area (Å²) in [5, 5.41) is 10.5. The van der Waals surface area contributed by atoms with Crippen molar-refractivity contribution in [2.75, 3.05) is 0 Å². The Balaban J connectivity index is 2.08. The molecule has 8 nitrogen and oxygen atoms in total. The van der Waals surface area contributed by atoms with Crippen LogP contribution in [0.3, 0.4) is 0 Å². The second kappa shape index (κ2) is 6.88. The number of nitro benzene ring substituents is 1. The van der Waals surface area contributed by atoms with Gasteiger partial charge in [-0.05, 0) is 25.1 Å². The maximum Gasteiger partial charge on any atom is 0.417 e. The molecule has 0 fully saturated rings. The molecule has 0 amide bonds. The lowest BCUT2D eigenvalue weighted by atomic mass is 10.1. The third kappa shape index (κ3) is 3.92. The van der Waals surface area contributed by atoms with Gasteiger partial charge < -0.3 is 8.60 Å². The van der Waals surface area contributed by atoms with E-state index in [1.54, 1.807) is 0 Å². The normalized spacial score (nSPS) is 12.1. The maximum atomic E-state index is 13.1. The van der Waals surface area contributed by atoms with Crippen molar-refractivity contribution in [1.82, 2.24) is 0 Å². The molecule has 0 aliphatic heterocycles. The summed E-state index contributed by atoms with van der Waals surface area (Å²) in [5.74, 6) is -0.439. The Bertz CT molecular complexity index is 1300. The summed E-state index contributed by atoms with van der Waals surface area (Å²) >= 11 is 0. The molecule has 12 heteroatoms. The zero-order valence-electron chi connectivity index (χ0n) is 14.4. The van der Waals surface area contributed by atoms with Crippen LogP contribution in [0.15, 0.2) is 56.6 Å². The van der Waals surface area contributed by atoms with Gasteiger partial charge in [-0.3, -0.25) is 10.1 Å². The Hall–Kier alpha value is -3.41. The predicted molar refractivity (Wildman–Crippen MR) is 93.1 cm³/mol. The lowest BCUT2D eigenvalue weighted by molar-refractivity contribution is -0.385. The van der Waals surface area contributed by atoms with Crippen LogP contribution in [0.2, 0.25) is 0 Å². The molecular weight excluding hydrogens is 419 g/mol. The number of hydrogen-bond acceptors (Lipinski definition) is 7. The molecule has 152 valence electrons. The molecule has 0 N–H and O–H groups in total. The average Bonchev–Trinajstić information content (AvgIpc) is 2.59. The highest BCUT2D eigenvalue weighted by Crippen LogP contribution is 2.35. The Morgan fingerprint density at radius 3 is 2.45 bits per heavy atom. The monoisotopic (exact) mass is 429 g/mol. The highest BCUT2D eigenvalue weighted by molar-refractivity contribution is 7.87. The maximum absolute atomic E-state index is 13.1. The van der Waals surface area contributed by atoms with Crippen molar-refractivity contribution in [3.05, 3.63) is 74.1 Å². The third-order valence-corrected chi connectivity index (χ3v) is 5.34. The van der Waals surface area contributed by atoms with Crippen molar-refractivity contribution < 1.29 is 35.1 Å². The van der Waals surface area contributed by atoms with E-state index < -0.39 is 59.7 Å². The largest absolute Gasteiger partial charge is 0.423 e. The number of alkyl halides is 3. The summed E-state index contributed by atoms with van der Waals surface area (Å²) in [6.07, 6.45) is -4.83. The van der Waals surface area contributed by atoms with Gasteiger partial charge in [-0.15, -0.1) is 0 Å². The minimum absolute atomic E-state index is 0.177. The van der Waals surface area contributed by atoms with Gasteiger partial charge in [0.15, 0.2) is 0 Å². The fourth-order valence-corrected chi connectivity index (χ4v) is 3.84. The number of nitrogens with zero attached hydrogens (tertiary/aromatic N) is 1. The van der Waals surface area contributed by atoms with Crippen LogP contribution in [0.5, 0.6) is 5.75 Å². The van der Waals surface area contributed by atoms with E-state index in [-0.39, 0.29) is 11.6 Å². The Kier molecular flexibility index (Phi) is 4.82. The van der Waals surface area contributed by atoms with Crippen LogP contribution >= 0.6 is 0 Å². The summed E-state index contributed by atoms with van der Waals surface area (Å²) in [4.78, 5) is 21.2. The molecule has 1 aromatic heterocycles. The molecule has 0 aliphatic carbocycles. The number of rotatable bonds is 4. The molecule has 1 heterocycles. The second-order valence-corrected chi connectivity index (χ2v) is 7.34. The van der Waals surface area contributed by atoms with Gasteiger partial charge in [-0.2, -0.15) is 21.6 Å². The highest BCUT2D eigenvalue weighted by atomic mass is 32.2. The van der Waals surface area contributed by atoms with Gasteiger partial charge in [0.25, 0.3) is 5.69 Å². The predicted octanol–water partition coefficient (Wildman–Crippen LogP) is 3.80. The molecule has 2 aromatic carbocycles. The van der Waals surface area contributed by atoms with Crippen molar-refractivity contribution in [2.24, 2.45) is 0 Å². The van der Waals surface area contributed by atoms with Gasteiger partial charge in [-0.25, -0.2) is 4.79 Å². The van der Waals surface area contributed by atoms with Crippen molar-refractivity contribution >= 4 is 26.8 Å². The van der Waals surface area contributed by atoms with Gasteiger partial charge in [0, 0.05) is 29.1 Å². The first kappa shape index (κ1) is 20.3. The fraction of sp³-hybridized carbons (Fsp3) is 0.118. The Morgan fingerprint density at radius 2 is 1.83 bits per heavy atom. The SMILES string of the molecule is Cc1c([N+](=O)[O-])cccc1S(=O)(=O)Oc1ccc2c(C(F)(F)F)cc(=O)oc2c1. The van der Waals surface area contributed by atoms with Gasteiger partial charge in [-0.1, -0.05) is 6.07 Å². The zero-order valence-corrected chi connectivity index (χ0v) is 15.2. The van der Waals surface area contributed by atoms with Gasteiger partial charge in [0.05, 0.1) is 10.5 Å². The van der Waals surface area contributed by atoms with Crippen LogP contribution in [-0.4, -0.2) is 13.3 Å². The molecule has 0 saturated heterocycles. The zero-order chi connectivity index (χ0) is 21.6. The number of hydrogen-bond donors (Lipinski definition) is 0. The summed E-state index contributed by atoms with van der Waals surface area (Å²) in [7, 11) is -4.56. The average molecular weight is 429 g/mol. The minimum Gasteiger partial charge on any atom is -0.423 e. The number of benzene rings is 2. The van der Waals surface area contributed by atoms with Gasteiger partial charge in [0.2, 0.25) is 0 Å². The number of fused-ring (bicyclic) bond motifs is 1. The Labute approximate surface area is 160 Å². The first-order chi connectivity index (χ1) is 13.4. The molecule has 0 saturated carbocycles. The molecule has 0 spiro atoms. The lowest BCUT2D eigenvalue weighted by Gasteiger charge is -2.11. The minimum atomic E-state index is -4.83. The lowest BCUT2D eigenvalue weighted by Crippen LogP contribution is -2.13. The fourth-order valence-electron chi connectivity index (χ4n) is 2.67. The molecule has 0 aliphatic rings. The van der Waals surface area contributed by atoms with E-state index >= 15 is 0 Å². The van der Waals surface area contributed by atoms with Crippen molar-refractivity contribution in [2.45, 2.75) is 18.0 Å². The first-order valence-corrected chi connectivity index (χ1v) is 9.14. The summed E-state index contributed by atoms with van der Waals surface area (Å²) in [5.41, 5.74) is -3.68. The van der Waals surface area contributed by atoms with Gasteiger partial charge in [0.1, 0.15) is 16.2 Å². The summed E-state index contributed by atoms with van der Waals surface area (Å²) in [6, 6.07) is 6.28. The molecule has 0 unspecified atom stereocenters. The molecule has 0 bridgehead atoms. The van der Waals surface area contributed by atoms with Crippen molar-refractivity contribution in [1.29, 1.82) is 0 Å². The van der Waals surface area contributed by atoms with E-state index in [0.717, 1.165) is 36.4 Å². The molecule has 0 atom stereocenters. The standard InChI is InChI=1S/C17H10F3NO7S/c1-9-13(21(23)24)3-2-4-15(9)29(25,26)28-10-5-6-11-12(17(18,19)20)8-16(22)27-14(11)7-10/h2-8H,1H3. The van der Waals surface area contributed by atoms with E-state index in [2.05, 4.69) is 0 Å². The Morgan fingerprint density at radius 1 is 1.14 bits per heavy atom. The number of nitro groups is 1. The van der Waals surface area contributed by atoms with Gasteiger partial charge >= 0.3 is 21.9 Å². The topological polar surface area (TPSA) is 117 Å². The van der Waals surface area contributed by atoms with Crippen LogP contribution in [0, 0.1) is 17.0 Å². The quantitative estimate of drug-likeness (QED) is 0.268. The first-order valence-electron chi connectivity index (χ1n) is 7.74. The smallest absolute Gasteiger partial charge is 0.417 e. The molecular formula is C17H10F3NO7S. The molecule has 0 radical (unpaired) electrons. The van der Waals surface area contributed by atoms with E-state index in [4.69, 9.17) is 8.60 Å². The van der Waals surface area contributed by atoms with Crippen molar-refractivity contribution in [3.63, 3.8) is 0 Å². The third-order valence-electron chi connectivity index (χ3n) is 3.95. The van der Waals surface area contributed by atoms with Crippen LogP contribution in [0.1, 0.15) is 11.1 Å². The van der Waals surface area contributed by atoms with E-state index in [1.807, 2.05) is 0 Å². The van der Waals surface area contributed by atoms with E-state index in [0.29, 0.717) is 0 Å². The molecule has 3 rings (SSSR count). The van der Waals surface area contributed by atoms with Crippen LogP contribution < -0.4 is 9.81 Å². The van der Waals surface area contributed by atoms with Crippen LogP contribution in [-0.2, 0) is 16.3 Å². The van der Waals surface area contributed by atoms with E-state index in [9.17, 15) is 36.5 Å². The summed E-state index contributed by atoms with van der Waals surface area (Å²) < 4.78 is 73.8. The number of halogens is 3. The molecule has 3 aromatic rings. The molecule has 29 heavy (non-hydrogen) atoms. The second-order valence-electron chi connectivity index (χ2n) is 5.83. The van der Waals surface area contributed by atoms with Crippen LogP contribution in [0.25, 0.3) is 11.0 Å². The highest BCUT2D eigenvalue weighted by Gasteiger charge is 2.34. The summed E-state index contributed by atoms with van der Waals surface area (Å²) in [6.45, 7) is 1.21.